The minimum Gasteiger partial charge on any atom is -0.392 e. The van der Waals surface area contributed by atoms with Gasteiger partial charge in [0.2, 0.25) is 0 Å². The summed E-state index contributed by atoms with van der Waals surface area (Å²) in [5.74, 6) is 0.0718. The maximum atomic E-state index is 13.3. The number of carbonyl (C=O) groups excluding carboxylic acids is 1. The summed E-state index contributed by atoms with van der Waals surface area (Å²) in [4.78, 5) is 13.3. The highest BCUT2D eigenvalue weighted by molar-refractivity contribution is 6.04. The van der Waals surface area contributed by atoms with Crippen LogP contribution in [0.1, 0.15) is 39.0 Å². The van der Waals surface area contributed by atoms with E-state index < -0.39 is 29.3 Å². The van der Waals surface area contributed by atoms with Gasteiger partial charge in [-0.2, -0.15) is 0 Å². The van der Waals surface area contributed by atoms with E-state index >= 15 is 0 Å². The molecular formula is C20H26O5. The third-order valence-electron chi connectivity index (χ3n) is 9.20. The number of aliphatic hydroxyl groups is 2. The van der Waals surface area contributed by atoms with Crippen molar-refractivity contribution < 1.29 is 24.5 Å². The summed E-state index contributed by atoms with van der Waals surface area (Å²) in [6.07, 6.45) is 2.01. The third kappa shape index (κ3) is 1.29. The second kappa shape index (κ2) is 4.22. The highest BCUT2D eigenvalue weighted by Gasteiger charge is 2.83. The normalized spacial score (nSPS) is 64.4. The fraction of sp³-hybridized carbons (Fsp3) is 0.850. The molecule has 136 valence electrons. The summed E-state index contributed by atoms with van der Waals surface area (Å²) >= 11 is 0. The van der Waals surface area contributed by atoms with E-state index in [-0.39, 0.29) is 29.1 Å². The van der Waals surface area contributed by atoms with E-state index in [4.69, 9.17) is 9.47 Å². The lowest BCUT2D eigenvalue weighted by Crippen LogP contribution is -2.81. The molecule has 7 fully saturated rings. The van der Waals surface area contributed by atoms with Crippen LogP contribution in [0, 0.1) is 34.0 Å². The highest BCUT2D eigenvalue weighted by atomic mass is 16.7. The third-order valence-corrected chi connectivity index (χ3v) is 9.20. The summed E-state index contributed by atoms with van der Waals surface area (Å²) in [5.41, 5.74) is -0.874. The molecule has 3 saturated heterocycles. The van der Waals surface area contributed by atoms with Crippen LogP contribution in [-0.2, 0) is 14.3 Å². The molecule has 0 unspecified atom stereocenters. The first kappa shape index (κ1) is 15.3. The van der Waals surface area contributed by atoms with Crippen LogP contribution in [0.25, 0.3) is 0 Å². The molecule has 7 aliphatic rings. The van der Waals surface area contributed by atoms with Gasteiger partial charge in [-0.25, -0.2) is 0 Å². The minimum atomic E-state index is -0.910. The first-order chi connectivity index (χ1) is 11.9. The zero-order valence-corrected chi connectivity index (χ0v) is 14.6. The first-order valence-electron chi connectivity index (χ1n) is 9.75. The molecule has 10 atom stereocenters. The minimum absolute atomic E-state index is 0.00572. The number of aliphatic hydroxyl groups excluding tert-OH is 2. The second-order valence-electron chi connectivity index (χ2n) is 9.73. The van der Waals surface area contributed by atoms with Crippen molar-refractivity contribution >= 4 is 5.78 Å². The molecule has 2 N–H and O–H groups in total. The summed E-state index contributed by atoms with van der Waals surface area (Å²) in [6, 6.07) is 0. The van der Waals surface area contributed by atoms with Gasteiger partial charge in [-0.05, 0) is 54.9 Å². The molecule has 3 heterocycles. The first-order valence-corrected chi connectivity index (χ1v) is 9.75. The molecule has 5 heteroatoms. The van der Waals surface area contributed by atoms with Crippen molar-refractivity contribution in [3.05, 3.63) is 12.2 Å². The van der Waals surface area contributed by atoms with Crippen molar-refractivity contribution in [3.8, 4) is 0 Å². The van der Waals surface area contributed by atoms with Gasteiger partial charge in [0, 0.05) is 5.92 Å². The van der Waals surface area contributed by atoms with E-state index in [0.717, 1.165) is 32.1 Å². The predicted octanol–water partition coefficient (Wildman–Crippen LogP) is 1.42. The van der Waals surface area contributed by atoms with Crippen molar-refractivity contribution in [2.75, 3.05) is 6.61 Å². The number of Topliss-reactive ketones (excluding diaryl/α,β-unsaturated/α-hetero) is 1. The lowest BCUT2D eigenvalue weighted by atomic mass is 9.36. The molecule has 0 amide bonds. The average molecular weight is 346 g/mol. The van der Waals surface area contributed by atoms with Gasteiger partial charge in [0.25, 0.3) is 0 Å². The summed E-state index contributed by atoms with van der Waals surface area (Å²) in [7, 11) is 0. The number of rotatable bonds is 0. The molecule has 4 aliphatic carbocycles. The maximum Gasteiger partial charge on any atom is 0.170 e. The van der Waals surface area contributed by atoms with Gasteiger partial charge in [-0.3, -0.25) is 4.79 Å². The van der Waals surface area contributed by atoms with E-state index in [1.165, 1.54) is 0 Å². The Morgan fingerprint density at radius 3 is 2.80 bits per heavy atom. The molecule has 3 aliphatic heterocycles. The van der Waals surface area contributed by atoms with E-state index in [1.807, 2.05) is 0 Å². The van der Waals surface area contributed by atoms with Gasteiger partial charge in [-0.15, -0.1) is 0 Å². The molecule has 0 aromatic carbocycles. The molecular weight excluding hydrogens is 320 g/mol. The molecule has 5 nitrogen and oxygen atoms in total. The number of ether oxygens (including phenoxy) is 2. The smallest absolute Gasteiger partial charge is 0.170 e. The average Bonchev–Trinajstić information content (AvgIpc) is 2.71. The molecule has 2 spiro atoms. The van der Waals surface area contributed by atoms with Crippen LogP contribution in [-0.4, -0.2) is 47.2 Å². The van der Waals surface area contributed by atoms with Gasteiger partial charge in [-0.1, -0.05) is 13.5 Å². The molecule has 0 aromatic heterocycles. The monoisotopic (exact) mass is 346 g/mol. The van der Waals surface area contributed by atoms with Crippen LogP contribution >= 0.6 is 0 Å². The van der Waals surface area contributed by atoms with Crippen molar-refractivity contribution in [1.29, 1.82) is 0 Å². The summed E-state index contributed by atoms with van der Waals surface area (Å²) in [6.45, 7) is 6.95. The van der Waals surface area contributed by atoms with Gasteiger partial charge in [0.15, 0.2) is 12.1 Å². The van der Waals surface area contributed by atoms with Crippen LogP contribution in [0.2, 0.25) is 0 Å². The SMILES string of the molecule is C=C1C(=O)[C@]23[C@H](O)[C@@H]1CC[C@H]2[C@@]12[C@@H]4OC[C@](C)(CC[C@@H]1O)[C@H]2C[C@H]3O4. The molecule has 4 saturated carbocycles. The standard InChI is InChI=1S/C20H26O5/c1-9-10-3-4-11-19-12-7-14(20(11,15(9)22)16(10)23)25-17(19)24-8-18(12,2)6-5-13(19)21/h10-14,16-17,21,23H,1,3-8H2,2H3/t10-,11+,12-,13+,14-,16-,17-,18+,19+,20+/m1/s1. The van der Waals surface area contributed by atoms with Crippen LogP contribution in [0.3, 0.4) is 0 Å². The second-order valence-corrected chi connectivity index (χ2v) is 9.73. The zero-order chi connectivity index (χ0) is 17.4. The zero-order valence-electron chi connectivity index (χ0n) is 14.6. The predicted molar refractivity (Wildman–Crippen MR) is 87.3 cm³/mol. The van der Waals surface area contributed by atoms with Gasteiger partial charge < -0.3 is 19.7 Å². The number of hydrogen-bond donors (Lipinski definition) is 2. The van der Waals surface area contributed by atoms with Gasteiger partial charge in [0.05, 0.1) is 35.7 Å². The fourth-order valence-corrected chi connectivity index (χ4v) is 8.25. The number of carbonyl (C=O) groups is 1. The van der Waals surface area contributed by atoms with Crippen molar-refractivity contribution in [2.24, 2.45) is 34.0 Å². The molecule has 0 radical (unpaired) electrons. The van der Waals surface area contributed by atoms with Crippen molar-refractivity contribution in [1.82, 2.24) is 0 Å². The van der Waals surface area contributed by atoms with Crippen molar-refractivity contribution in [3.63, 3.8) is 0 Å². The number of hydrogen-bond acceptors (Lipinski definition) is 5. The van der Waals surface area contributed by atoms with Gasteiger partial charge in [0.1, 0.15) is 0 Å². The van der Waals surface area contributed by atoms with Gasteiger partial charge >= 0.3 is 0 Å². The Hall–Kier alpha value is -0.750. The van der Waals surface area contributed by atoms with E-state index in [0.29, 0.717) is 18.1 Å². The molecule has 25 heavy (non-hydrogen) atoms. The van der Waals surface area contributed by atoms with E-state index in [9.17, 15) is 15.0 Å². The molecule has 7 rings (SSSR count). The number of fused-ring (bicyclic) bond motifs is 1. The van der Waals surface area contributed by atoms with Crippen molar-refractivity contribution in [2.45, 2.75) is 63.6 Å². The van der Waals surface area contributed by atoms with Crippen LogP contribution in [0.4, 0.5) is 0 Å². The summed E-state index contributed by atoms with van der Waals surface area (Å²) < 4.78 is 12.5. The Morgan fingerprint density at radius 1 is 1.20 bits per heavy atom. The quantitative estimate of drug-likeness (QED) is 0.649. The highest BCUT2D eigenvalue weighted by Crippen LogP contribution is 2.77. The van der Waals surface area contributed by atoms with E-state index in [2.05, 4.69) is 13.5 Å². The Labute approximate surface area is 147 Å². The van der Waals surface area contributed by atoms with Crippen LogP contribution in [0.15, 0.2) is 12.2 Å². The van der Waals surface area contributed by atoms with Crippen LogP contribution in [0.5, 0.6) is 0 Å². The lowest BCUT2D eigenvalue weighted by Gasteiger charge is -2.75. The Kier molecular flexibility index (Phi) is 2.58. The maximum absolute atomic E-state index is 13.3. The fourth-order valence-electron chi connectivity index (χ4n) is 8.25. The summed E-state index contributed by atoms with van der Waals surface area (Å²) in [5, 5.41) is 22.4. The lowest BCUT2D eigenvalue weighted by molar-refractivity contribution is -0.440. The Morgan fingerprint density at radius 2 is 2.00 bits per heavy atom. The Balaban J connectivity index is 1.61. The van der Waals surface area contributed by atoms with Crippen LogP contribution < -0.4 is 0 Å². The topological polar surface area (TPSA) is 76.0 Å². The number of ketones is 1. The largest absolute Gasteiger partial charge is 0.392 e. The molecule has 7 bridgehead atoms. The Bertz CT molecular complexity index is 700. The van der Waals surface area contributed by atoms with E-state index in [1.54, 1.807) is 0 Å². The molecule has 0 aromatic rings.